The van der Waals surface area contributed by atoms with Gasteiger partial charge in [0.2, 0.25) is 5.91 Å². The minimum absolute atomic E-state index is 0.0751. The number of benzene rings is 2. The Kier molecular flexibility index (Phi) is 7.13. The Morgan fingerprint density at radius 2 is 1.83 bits per heavy atom. The summed E-state index contributed by atoms with van der Waals surface area (Å²) in [4.78, 5) is 14.1. The lowest BCUT2D eigenvalue weighted by Gasteiger charge is -2.27. The van der Waals surface area contributed by atoms with Crippen molar-refractivity contribution < 1.29 is 9.37 Å². The van der Waals surface area contributed by atoms with Crippen molar-refractivity contribution in [2.75, 3.05) is 23.3 Å². The van der Waals surface area contributed by atoms with Crippen molar-refractivity contribution in [1.82, 2.24) is 20.2 Å². The van der Waals surface area contributed by atoms with Gasteiger partial charge in [0.15, 0.2) is 0 Å². The molecule has 1 radical (unpaired) electrons. The van der Waals surface area contributed by atoms with Gasteiger partial charge in [0.25, 0.3) is 5.84 Å². The maximum absolute atomic E-state index is 11.8. The first kappa shape index (κ1) is 26.7. The number of anilines is 2. The number of rotatable bonds is 7. The summed E-state index contributed by atoms with van der Waals surface area (Å²) in [6.07, 6.45) is 11.6. The van der Waals surface area contributed by atoms with E-state index in [4.69, 9.17) is 11.6 Å². The van der Waals surface area contributed by atoms with Crippen molar-refractivity contribution in [2.45, 2.75) is 32.2 Å². The lowest BCUT2D eigenvalue weighted by molar-refractivity contribution is -0.516. The molecule has 1 fully saturated rings. The summed E-state index contributed by atoms with van der Waals surface area (Å²) in [5.74, 6) is 2.40. The van der Waals surface area contributed by atoms with Gasteiger partial charge < -0.3 is 15.2 Å². The number of hydrogen-bond acceptors (Lipinski definition) is 4. The standard InChI is InChI=1S/C32H32BClN7O/c1-38(20-22-7-3-2-4-8-22)30-17-15-27-32(24-11-13-25(14-12-24)35-29(42)19-34)28-16-18-31(41(28)33-40(27)30)39-21-26(36-37-39)23-9-5-6-10-23/h2-4,7-8,11-18,21,23,36-37H,5-6,9-10,19-20H2,1H3/p+1. The van der Waals surface area contributed by atoms with Crippen LogP contribution in [-0.4, -0.2) is 46.1 Å². The normalized spacial score (nSPS) is 19.0. The number of nitrogens with one attached hydrogen (secondary N) is 3. The molecule has 42 heavy (non-hydrogen) atoms. The number of alkyl halides is 1. The molecule has 0 unspecified atom stereocenters. The molecule has 4 heterocycles. The summed E-state index contributed by atoms with van der Waals surface area (Å²) in [5.41, 5.74) is 14.4. The van der Waals surface area contributed by atoms with E-state index in [0.29, 0.717) is 5.92 Å². The van der Waals surface area contributed by atoms with Crippen LogP contribution in [0, 0.1) is 5.92 Å². The molecule has 1 aromatic heterocycles. The zero-order valence-corrected chi connectivity index (χ0v) is 24.3. The van der Waals surface area contributed by atoms with Crippen molar-refractivity contribution in [2.24, 2.45) is 5.92 Å². The molecule has 0 spiro atoms. The molecule has 1 aliphatic carbocycles. The number of hydrazine groups is 2. The van der Waals surface area contributed by atoms with Gasteiger partial charge >= 0.3 is 7.55 Å². The van der Waals surface area contributed by atoms with Gasteiger partial charge in [0, 0.05) is 40.8 Å². The van der Waals surface area contributed by atoms with Gasteiger partial charge in [-0.2, -0.15) is 0 Å². The van der Waals surface area contributed by atoms with Crippen LogP contribution in [0.2, 0.25) is 0 Å². The van der Waals surface area contributed by atoms with Crippen molar-refractivity contribution in [3.8, 4) is 0 Å². The molecule has 2 aromatic carbocycles. The summed E-state index contributed by atoms with van der Waals surface area (Å²) in [6.45, 7) is 0.791. The third-order valence-electron chi connectivity index (χ3n) is 8.40. The van der Waals surface area contributed by atoms with Gasteiger partial charge in [-0.3, -0.25) is 14.2 Å². The Hall–Kier alpha value is -4.21. The number of carbonyl (C=O) groups is 1. The molecule has 3 N–H and O–H groups in total. The summed E-state index contributed by atoms with van der Waals surface area (Å²) in [7, 11) is 4.31. The van der Waals surface area contributed by atoms with E-state index in [0.717, 1.165) is 46.4 Å². The number of nitrogens with zero attached hydrogens (tertiary/aromatic N) is 4. The predicted molar refractivity (Wildman–Crippen MR) is 169 cm³/mol. The lowest BCUT2D eigenvalue weighted by Crippen LogP contribution is -2.44. The Bertz CT molecular complexity index is 1630. The van der Waals surface area contributed by atoms with Gasteiger partial charge in [-0.05, 0) is 54.3 Å². The molecule has 10 heteroatoms. The molecule has 8 nitrogen and oxygen atoms in total. The lowest BCUT2D eigenvalue weighted by atomic mass is 9.91. The van der Waals surface area contributed by atoms with Crippen LogP contribution in [0.5, 0.6) is 0 Å². The first-order valence-corrected chi connectivity index (χ1v) is 15.0. The number of allylic oxidation sites excluding steroid dienone is 2. The largest absolute Gasteiger partial charge is 0.553 e. The van der Waals surface area contributed by atoms with Crippen LogP contribution in [0.25, 0.3) is 5.57 Å². The van der Waals surface area contributed by atoms with Gasteiger partial charge in [-0.1, -0.05) is 55.3 Å². The summed E-state index contributed by atoms with van der Waals surface area (Å²) >= 11 is 5.70. The number of halogens is 1. The second-order valence-electron chi connectivity index (χ2n) is 11.2. The zero-order chi connectivity index (χ0) is 28.6. The predicted octanol–water partition coefficient (Wildman–Crippen LogP) is 4.79. The number of carbonyl (C=O) groups excluding carboxylic acids is 1. The van der Waals surface area contributed by atoms with E-state index in [1.54, 1.807) is 0 Å². The van der Waals surface area contributed by atoms with Gasteiger partial charge in [-0.15, -0.1) is 17.1 Å². The van der Waals surface area contributed by atoms with Crippen molar-refractivity contribution in [1.29, 1.82) is 0 Å². The number of fused-ring (bicyclic) bond motifs is 2. The molecule has 211 valence electrons. The monoisotopic (exact) mass is 577 g/mol. The van der Waals surface area contributed by atoms with Crippen LogP contribution < -0.4 is 21.3 Å². The van der Waals surface area contributed by atoms with Crippen molar-refractivity contribution >= 4 is 48.0 Å². The van der Waals surface area contributed by atoms with E-state index in [9.17, 15) is 4.79 Å². The summed E-state index contributed by atoms with van der Waals surface area (Å²) in [6, 6.07) is 22.8. The second-order valence-corrected chi connectivity index (χ2v) is 11.4. The topological polar surface area (TPSA) is 67.6 Å². The van der Waals surface area contributed by atoms with E-state index < -0.39 is 0 Å². The van der Waals surface area contributed by atoms with Crippen LogP contribution in [0.1, 0.15) is 42.5 Å². The fourth-order valence-electron chi connectivity index (χ4n) is 6.32. The minimum Gasteiger partial charge on any atom is -0.329 e. The number of amides is 1. The summed E-state index contributed by atoms with van der Waals surface area (Å²) < 4.78 is 4.52. The molecular formula is C32H33BClN7O+. The fourth-order valence-corrected chi connectivity index (χ4v) is 6.39. The second kappa shape index (κ2) is 11.2. The third kappa shape index (κ3) is 4.93. The van der Waals surface area contributed by atoms with Gasteiger partial charge in [0.05, 0.1) is 7.05 Å². The molecule has 0 bridgehead atoms. The first-order valence-electron chi connectivity index (χ1n) is 14.5. The highest BCUT2D eigenvalue weighted by atomic mass is 35.5. The van der Waals surface area contributed by atoms with Crippen LogP contribution in [0.3, 0.4) is 0 Å². The minimum atomic E-state index is -0.223. The SMILES string of the molecule is C[N+](Cc1ccccc1)=C1C=CC2=C(c3ccc(NC(=O)CCl)cc3)c3ccc(N4C=C(C5CCCC5)NN4)n3[B]N21. The number of hydrogen-bond donors (Lipinski definition) is 3. The van der Waals surface area contributed by atoms with E-state index in [1.165, 1.54) is 36.9 Å². The van der Waals surface area contributed by atoms with E-state index in [2.05, 4.69) is 117 Å². The Balaban J connectivity index is 1.28. The molecule has 3 aliphatic heterocycles. The van der Waals surface area contributed by atoms with Crippen LogP contribution in [0.15, 0.2) is 96.5 Å². The molecule has 7 rings (SSSR count). The van der Waals surface area contributed by atoms with Crippen LogP contribution in [0.4, 0.5) is 11.5 Å². The Labute approximate surface area is 251 Å². The van der Waals surface area contributed by atoms with Gasteiger partial charge in [0.1, 0.15) is 23.9 Å². The maximum atomic E-state index is 11.8. The third-order valence-corrected chi connectivity index (χ3v) is 8.64. The van der Waals surface area contributed by atoms with Crippen molar-refractivity contribution in [3.63, 3.8) is 0 Å². The molecule has 4 aliphatic rings. The van der Waals surface area contributed by atoms with Crippen LogP contribution in [-0.2, 0) is 11.3 Å². The van der Waals surface area contributed by atoms with E-state index >= 15 is 0 Å². The molecule has 3 aromatic rings. The molecule has 0 saturated heterocycles. The first-order chi connectivity index (χ1) is 20.6. The average Bonchev–Trinajstić information content (AvgIpc) is 3.83. The number of amidine groups is 1. The highest BCUT2D eigenvalue weighted by Crippen LogP contribution is 2.39. The fraction of sp³-hybridized carbons (Fsp3) is 0.250. The van der Waals surface area contributed by atoms with E-state index in [1.807, 2.05) is 18.2 Å². The Morgan fingerprint density at radius 1 is 1.05 bits per heavy atom. The van der Waals surface area contributed by atoms with Crippen molar-refractivity contribution in [3.05, 3.63) is 113 Å². The quantitative estimate of drug-likeness (QED) is 0.214. The number of aromatic nitrogens is 1. The molecule has 1 saturated carbocycles. The highest BCUT2D eigenvalue weighted by Gasteiger charge is 2.40. The smallest absolute Gasteiger partial charge is 0.329 e. The highest BCUT2D eigenvalue weighted by molar-refractivity contribution is 6.41. The van der Waals surface area contributed by atoms with E-state index in [-0.39, 0.29) is 11.8 Å². The molecule has 0 atom stereocenters. The maximum Gasteiger partial charge on any atom is 0.553 e. The average molecular weight is 578 g/mol. The molecule has 1 amide bonds. The van der Waals surface area contributed by atoms with Crippen LogP contribution >= 0.6 is 11.6 Å². The molecular weight excluding hydrogens is 545 g/mol. The summed E-state index contributed by atoms with van der Waals surface area (Å²) in [5, 5.41) is 4.92. The van der Waals surface area contributed by atoms with Gasteiger partial charge in [-0.25, -0.2) is 5.01 Å². The Morgan fingerprint density at radius 3 is 2.60 bits per heavy atom. The zero-order valence-electron chi connectivity index (χ0n) is 23.6.